The Balaban J connectivity index is 1.26. The van der Waals surface area contributed by atoms with Gasteiger partial charge in [-0.15, -0.1) is 0 Å². The quantitative estimate of drug-likeness (QED) is 0.151. The second kappa shape index (κ2) is 14.5. The van der Waals surface area contributed by atoms with Crippen molar-refractivity contribution < 1.29 is 0 Å². The Labute approximate surface area is 335 Å². The summed E-state index contributed by atoms with van der Waals surface area (Å²) in [6, 6.07) is 84.3. The number of benzene rings is 9. The SMILES string of the molecule is Cc1cc(-c2ccccc2)cc(-c2ccccc2)c1N(c1ccc(-c2ccccc2)cc1)c1ccc2c(c1)C(c1ccccc1)(c1ccccc1)c1ccccc1-2. The van der Waals surface area contributed by atoms with Gasteiger partial charge in [-0.05, 0) is 110 Å². The molecule has 0 saturated heterocycles. The van der Waals surface area contributed by atoms with Gasteiger partial charge in [0.15, 0.2) is 0 Å². The topological polar surface area (TPSA) is 3.24 Å². The number of fused-ring (bicyclic) bond motifs is 3. The van der Waals surface area contributed by atoms with E-state index in [1.165, 1.54) is 72.3 Å². The fraction of sp³-hybridized carbons (Fsp3) is 0.0357. The van der Waals surface area contributed by atoms with Crippen molar-refractivity contribution in [1.82, 2.24) is 0 Å². The lowest BCUT2D eigenvalue weighted by Crippen LogP contribution is -2.28. The van der Waals surface area contributed by atoms with Gasteiger partial charge in [-0.3, -0.25) is 0 Å². The minimum Gasteiger partial charge on any atom is -0.310 e. The molecule has 0 aliphatic heterocycles. The summed E-state index contributed by atoms with van der Waals surface area (Å²) in [6.45, 7) is 2.26. The molecule has 0 fully saturated rings. The molecule has 0 amide bonds. The summed E-state index contributed by atoms with van der Waals surface area (Å²) in [6.07, 6.45) is 0. The minimum atomic E-state index is -0.512. The van der Waals surface area contributed by atoms with Crippen LogP contribution in [0.3, 0.4) is 0 Å². The molecule has 0 aromatic heterocycles. The van der Waals surface area contributed by atoms with Crippen molar-refractivity contribution in [1.29, 1.82) is 0 Å². The van der Waals surface area contributed by atoms with Crippen LogP contribution in [-0.4, -0.2) is 0 Å². The molecule has 9 aromatic rings. The Morgan fingerprint density at radius 2 is 0.772 bits per heavy atom. The highest BCUT2D eigenvalue weighted by molar-refractivity contribution is 5.95. The summed E-state index contributed by atoms with van der Waals surface area (Å²) in [4.78, 5) is 2.49. The number of nitrogens with zero attached hydrogens (tertiary/aromatic N) is 1. The molecule has 1 aliphatic carbocycles. The molecule has 0 bridgehead atoms. The van der Waals surface area contributed by atoms with Crippen LogP contribution in [-0.2, 0) is 5.41 Å². The molecule has 9 aromatic carbocycles. The molecule has 0 radical (unpaired) electrons. The lowest BCUT2D eigenvalue weighted by Gasteiger charge is -2.35. The molecule has 0 N–H and O–H groups in total. The third-order valence-corrected chi connectivity index (χ3v) is 11.6. The zero-order valence-electron chi connectivity index (χ0n) is 31.9. The van der Waals surface area contributed by atoms with Gasteiger partial charge >= 0.3 is 0 Å². The van der Waals surface area contributed by atoms with Crippen LogP contribution in [0.15, 0.2) is 231 Å². The summed E-state index contributed by atoms with van der Waals surface area (Å²) in [7, 11) is 0. The third kappa shape index (κ3) is 5.88. The standard InChI is InChI=1S/C56H41N/c1-40-37-45(42-21-9-3-10-22-42)38-52(44-23-11-4-12-24-44)55(40)57(48-33-31-43(32-34-48)41-19-7-2-8-20-41)49-35-36-51-50-29-17-18-30-53(50)56(54(51)39-49,46-25-13-5-14-26-46)47-27-15-6-16-28-47/h2-39H,1H3. The van der Waals surface area contributed by atoms with Gasteiger partial charge in [-0.25, -0.2) is 0 Å². The van der Waals surface area contributed by atoms with E-state index in [2.05, 4.69) is 242 Å². The van der Waals surface area contributed by atoms with E-state index in [4.69, 9.17) is 0 Å². The molecule has 10 rings (SSSR count). The molecular formula is C56H41N. The smallest absolute Gasteiger partial charge is 0.0714 e. The highest BCUT2D eigenvalue weighted by Gasteiger charge is 2.46. The van der Waals surface area contributed by atoms with Gasteiger partial charge < -0.3 is 4.90 Å². The van der Waals surface area contributed by atoms with E-state index >= 15 is 0 Å². The maximum absolute atomic E-state index is 2.49. The molecule has 0 spiro atoms. The van der Waals surface area contributed by atoms with Crippen molar-refractivity contribution in [3.05, 3.63) is 258 Å². The van der Waals surface area contributed by atoms with E-state index in [0.29, 0.717) is 0 Å². The fourth-order valence-electron chi connectivity index (χ4n) is 9.12. The van der Waals surface area contributed by atoms with Crippen LogP contribution in [0.5, 0.6) is 0 Å². The molecule has 57 heavy (non-hydrogen) atoms. The summed E-state index contributed by atoms with van der Waals surface area (Å²) in [5, 5.41) is 0. The van der Waals surface area contributed by atoms with Crippen molar-refractivity contribution in [2.45, 2.75) is 12.3 Å². The Kier molecular flexibility index (Phi) is 8.69. The van der Waals surface area contributed by atoms with Gasteiger partial charge in [0.2, 0.25) is 0 Å². The second-order valence-corrected chi connectivity index (χ2v) is 14.9. The highest BCUT2D eigenvalue weighted by Crippen LogP contribution is 2.57. The molecular weight excluding hydrogens is 687 g/mol. The van der Waals surface area contributed by atoms with Crippen molar-refractivity contribution in [2.75, 3.05) is 4.90 Å². The molecule has 0 saturated carbocycles. The summed E-state index contributed by atoms with van der Waals surface area (Å²) in [5.74, 6) is 0. The molecule has 1 nitrogen and oxygen atoms in total. The van der Waals surface area contributed by atoms with Gasteiger partial charge in [-0.2, -0.15) is 0 Å². The first kappa shape index (κ1) is 34.3. The average molecular weight is 728 g/mol. The number of hydrogen-bond donors (Lipinski definition) is 0. The molecule has 0 heterocycles. The van der Waals surface area contributed by atoms with Crippen molar-refractivity contribution in [2.24, 2.45) is 0 Å². The Bertz CT molecular complexity index is 2770. The van der Waals surface area contributed by atoms with Crippen LogP contribution >= 0.6 is 0 Å². The van der Waals surface area contributed by atoms with E-state index in [1.807, 2.05) is 0 Å². The van der Waals surface area contributed by atoms with Gasteiger partial charge in [0, 0.05) is 16.9 Å². The van der Waals surface area contributed by atoms with Crippen molar-refractivity contribution in [3.8, 4) is 44.5 Å². The highest BCUT2D eigenvalue weighted by atomic mass is 15.1. The van der Waals surface area contributed by atoms with E-state index in [9.17, 15) is 0 Å². The monoisotopic (exact) mass is 727 g/mol. The van der Waals surface area contributed by atoms with Crippen LogP contribution in [0, 0.1) is 6.92 Å². The summed E-state index contributed by atoms with van der Waals surface area (Å²) >= 11 is 0. The second-order valence-electron chi connectivity index (χ2n) is 14.9. The van der Waals surface area contributed by atoms with Gasteiger partial charge in [0.25, 0.3) is 0 Å². The van der Waals surface area contributed by atoms with Crippen LogP contribution in [0.25, 0.3) is 44.5 Å². The van der Waals surface area contributed by atoms with Gasteiger partial charge in [0.05, 0.1) is 11.1 Å². The third-order valence-electron chi connectivity index (χ3n) is 11.6. The Hall–Kier alpha value is -7.22. The van der Waals surface area contributed by atoms with E-state index < -0.39 is 5.41 Å². The largest absolute Gasteiger partial charge is 0.310 e. The van der Waals surface area contributed by atoms with E-state index in [-0.39, 0.29) is 0 Å². The number of aryl methyl sites for hydroxylation is 1. The first-order chi connectivity index (χ1) is 28.2. The molecule has 270 valence electrons. The first-order valence-electron chi connectivity index (χ1n) is 19.8. The lowest BCUT2D eigenvalue weighted by atomic mass is 9.67. The van der Waals surface area contributed by atoms with E-state index in [1.54, 1.807) is 0 Å². The van der Waals surface area contributed by atoms with Crippen molar-refractivity contribution in [3.63, 3.8) is 0 Å². The van der Waals surface area contributed by atoms with Crippen LogP contribution < -0.4 is 4.90 Å². The fourth-order valence-corrected chi connectivity index (χ4v) is 9.12. The molecule has 0 atom stereocenters. The zero-order chi connectivity index (χ0) is 38.2. The molecule has 0 unspecified atom stereocenters. The van der Waals surface area contributed by atoms with Crippen LogP contribution in [0.2, 0.25) is 0 Å². The maximum atomic E-state index is 2.49. The van der Waals surface area contributed by atoms with Crippen LogP contribution in [0.1, 0.15) is 27.8 Å². The molecule has 1 aliphatic rings. The number of rotatable bonds is 8. The summed E-state index contributed by atoms with van der Waals surface area (Å²) in [5.41, 5.74) is 18.9. The summed E-state index contributed by atoms with van der Waals surface area (Å²) < 4.78 is 0. The minimum absolute atomic E-state index is 0.512. The Morgan fingerprint density at radius 1 is 0.316 bits per heavy atom. The normalized spacial score (nSPS) is 12.4. The Morgan fingerprint density at radius 3 is 1.37 bits per heavy atom. The number of anilines is 3. The number of hydrogen-bond acceptors (Lipinski definition) is 1. The predicted molar refractivity (Wildman–Crippen MR) is 239 cm³/mol. The van der Waals surface area contributed by atoms with Gasteiger partial charge in [-0.1, -0.05) is 194 Å². The predicted octanol–water partition coefficient (Wildman–Crippen LogP) is 14.8. The average Bonchev–Trinajstić information content (AvgIpc) is 3.59. The lowest BCUT2D eigenvalue weighted by molar-refractivity contribution is 0.768. The first-order valence-corrected chi connectivity index (χ1v) is 19.8. The molecule has 1 heteroatoms. The maximum Gasteiger partial charge on any atom is 0.0714 e. The van der Waals surface area contributed by atoms with Gasteiger partial charge in [0.1, 0.15) is 0 Å². The van der Waals surface area contributed by atoms with Crippen LogP contribution in [0.4, 0.5) is 17.1 Å². The van der Waals surface area contributed by atoms with Crippen molar-refractivity contribution >= 4 is 17.1 Å². The van der Waals surface area contributed by atoms with E-state index in [0.717, 1.165) is 17.1 Å². The zero-order valence-corrected chi connectivity index (χ0v) is 31.9.